The summed E-state index contributed by atoms with van der Waals surface area (Å²) in [6.45, 7) is 6.16. The highest BCUT2D eigenvalue weighted by atomic mass is 35.5. The first-order chi connectivity index (χ1) is 9.01. The third kappa shape index (κ3) is 2.96. The molecule has 2 rings (SSSR count). The summed E-state index contributed by atoms with van der Waals surface area (Å²) in [4.78, 5) is 8.19. The van der Waals surface area contributed by atoms with E-state index in [9.17, 15) is 0 Å². The first kappa shape index (κ1) is 13.6. The van der Waals surface area contributed by atoms with Gasteiger partial charge in [-0.25, -0.2) is 4.98 Å². The molecular weight excluding hydrogens is 260 g/mol. The van der Waals surface area contributed by atoms with Crippen molar-refractivity contribution in [2.24, 2.45) is 0 Å². The molecule has 2 aromatic rings. The van der Waals surface area contributed by atoms with Gasteiger partial charge in [0, 0.05) is 11.3 Å². The normalized spacial score (nSPS) is 10.5. The van der Waals surface area contributed by atoms with Crippen LogP contribution in [0.5, 0.6) is 0 Å². The lowest BCUT2D eigenvalue weighted by Gasteiger charge is -2.12. The van der Waals surface area contributed by atoms with Gasteiger partial charge in [-0.2, -0.15) is 4.98 Å². The lowest BCUT2D eigenvalue weighted by atomic mass is 10.1. The number of anilines is 3. The molecule has 0 saturated carbocycles. The third-order valence-electron chi connectivity index (χ3n) is 3.10. The van der Waals surface area contributed by atoms with Gasteiger partial charge < -0.3 is 11.1 Å². The third-order valence-corrected chi connectivity index (χ3v) is 3.41. The minimum Gasteiger partial charge on any atom is -0.368 e. The maximum absolute atomic E-state index is 6.09. The van der Waals surface area contributed by atoms with Crippen LogP contribution in [0.15, 0.2) is 18.2 Å². The second-order valence-corrected chi connectivity index (χ2v) is 4.84. The van der Waals surface area contributed by atoms with Gasteiger partial charge in [0.05, 0.1) is 0 Å². The minimum atomic E-state index is 0.175. The summed E-state index contributed by atoms with van der Waals surface area (Å²) in [6, 6.07) is 6.14. The highest BCUT2D eigenvalue weighted by molar-refractivity contribution is 6.30. The quantitative estimate of drug-likeness (QED) is 0.840. The van der Waals surface area contributed by atoms with E-state index in [2.05, 4.69) is 41.3 Å². The number of aromatic nitrogens is 2. The van der Waals surface area contributed by atoms with Crippen molar-refractivity contribution >= 4 is 29.1 Å². The van der Waals surface area contributed by atoms with Crippen LogP contribution >= 0.6 is 11.6 Å². The summed E-state index contributed by atoms with van der Waals surface area (Å²) < 4.78 is 0. The summed E-state index contributed by atoms with van der Waals surface area (Å²) >= 11 is 6.09. The van der Waals surface area contributed by atoms with E-state index >= 15 is 0 Å². The fourth-order valence-electron chi connectivity index (χ4n) is 1.85. The van der Waals surface area contributed by atoms with Gasteiger partial charge in [-0.05, 0) is 43.5 Å². The van der Waals surface area contributed by atoms with Crippen LogP contribution in [0.4, 0.5) is 17.5 Å². The summed E-state index contributed by atoms with van der Waals surface area (Å²) in [5.41, 5.74) is 9.95. The Morgan fingerprint density at radius 2 is 1.95 bits per heavy atom. The molecule has 4 nitrogen and oxygen atoms in total. The molecule has 0 amide bonds. The van der Waals surface area contributed by atoms with E-state index in [0.717, 1.165) is 17.7 Å². The Kier molecular flexibility index (Phi) is 3.90. The van der Waals surface area contributed by atoms with Gasteiger partial charge in [-0.15, -0.1) is 0 Å². The Bertz CT molecular complexity index is 611. The van der Waals surface area contributed by atoms with Crippen molar-refractivity contribution in [3.63, 3.8) is 0 Å². The number of nitrogens with two attached hydrogens (primary N) is 1. The molecule has 0 spiro atoms. The molecule has 5 heteroatoms. The Labute approximate surface area is 118 Å². The van der Waals surface area contributed by atoms with Crippen molar-refractivity contribution in [1.82, 2.24) is 9.97 Å². The average Bonchev–Trinajstić information content (AvgIpc) is 2.33. The van der Waals surface area contributed by atoms with E-state index in [0.29, 0.717) is 11.0 Å². The first-order valence-corrected chi connectivity index (χ1v) is 6.55. The lowest BCUT2D eigenvalue weighted by molar-refractivity contribution is 1.06. The monoisotopic (exact) mass is 276 g/mol. The first-order valence-electron chi connectivity index (χ1n) is 6.17. The molecule has 0 aliphatic rings. The molecule has 1 aromatic carbocycles. The Balaban J connectivity index is 2.39. The Morgan fingerprint density at radius 1 is 1.21 bits per heavy atom. The molecule has 0 radical (unpaired) electrons. The number of nitrogen functional groups attached to an aromatic ring is 1. The summed E-state index contributed by atoms with van der Waals surface area (Å²) in [5, 5.41) is 3.66. The molecule has 3 N–H and O–H groups in total. The van der Waals surface area contributed by atoms with Gasteiger partial charge in [0.2, 0.25) is 5.95 Å². The Hall–Kier alpha value is -1.81. The second kappa shape index (κ2) is 5.45. The summed E-state index contributed by atoms with van der Waals surface area (Å²) in [6.07, 6.45) is 0.742. The van der Waals surface area contributed by atoms with Crippen LogP contribution in [0.2, 0.25) is 5.15 Å². The molecule has 100 valence electrons. The molecule has 0 saturated heterocycles. The molecule has 0 aliphatic heterocycles. The number of rotatable bonds is 3. The van der Waals surface area contributed by atoms with E-state index in [-0.39, 0.29) is 5.95 Å². The number of nitrogens with zero attached hydrogens (tertiary/aromatic N) is 2. The molecule has 0 atom stereocenters. The van der Waals surface area contributed by atoms with Crippen LogP contribution in [0, 0.1) is 13.8 Å². The van der Waals surface area contributed by atoms with Crippen LogP contribution < -0.4 is 11.1 Å². The lowest BCUT2D eigenvalue weighted by Crippen LogP contribution is -2.05. The van der Waals surface area contributed by atoms with Crippen LogP contribution in [0.1, 0.15) is 23.6 Å². The number of benzene rings is 1. The smallest absolute Gasteiger partial charge is 0.223 e. The fourth-order valence-corrected chi connectivity index (χ4v) is 2.16. The molecule has 19 heavy (non-hydrogen) atoms. The van der Waals surface area contributed by atoms with Crippen LogP contribution in [0.25, 0.3) is 0 Å². The van der Waals surface area contributed by atoms with Crippen LogP contribution in [0.3, 0.4) is 0 Å². The largest absolute Gasteiger partial charge is 0.368 e. The van der Waals surface area contributed by atoms with Gasteiger partial charge in [0.15, 0.2) is 0 Å². The van der Waals surface area contributed by atoms with E-state index in [1.165, 1.54) is 11.1 Å². The summed E-state index contributed by atoms with van der Waals surface area (Å²) in [7, 11) is 0. The van der Waals surface area contributed by atoms with Gasteiger partial charge in [-0.3, -0.25) is 0 Å². The number of hydrogen-bond acceptors (Lipinski definition) is 4. The maximum atomic E-state index is 6.09. The molecule has 0 aliphatic carbocycles. The molecule has 0 fully saturated rings. The maximum Gasteiger partial charge on any atom is 0.223 e. The highest BCUT2D eigenvalue weighted by Crippen LogP contribution is 2.26. The van der Waals surface area contributed by atoms with Crippen molar-refractivity contribution in [2.75, 3.05) is 11.1 Å². The fraction of sp³-hybridized carbons (Fsp3) is 0.286. The zero-order chi connectivity index (χ0) is 14.0. The average molecular weight is 277 g/mol. The number of nitrogens with one attached hydrogen (secondary N) is 1. The van der Waals surface area contributed by atoms with Gasteiger partial charge in [0.25, 0.3) is 0 Å². The number of halogens is 1. The standard InChI is InChI=1S/C14H17ClN4/c1-4-11-12(15)18-14(16)19-13(11)17-10-6-5-8(2)9(3)7-10/h5-7H,4H2,1-3H3,(H3,16,17,18,19). The Morgan fingerprint density at radius 3 is 2.58 bits per heavy atom. The molecule has 1 heterocycles. The van der Waals surface area contributed by atoms with Gasteiger partial charge >= 0.3 is 0 Å². The van der Waals surface area contributed by atoms with E-state index < -0.39 is 0 Å². The van der Waals surface area contributed by atoms with Crippen molar-refractivity contribution in [1.29, 1.82) is 0 Å². The number of hydrogen-bond donors (Lipinski definition) is 2. The van der Waals surface area contributed by atoms with Gasteiger partial charge in [-0.1, -0.05) is 24.6 Å². The van der Waals surface area contributed by atoms with Crippen molar-refractivity contribution < 1.29 is 0 Å². The molecule has 1 aromatic heterocycles. The van der Waals surface area contributed by atoms with Crippen molar-refractivity contribution in [3.05, 3.63) is 40.0 Å². The zero-order valence-electron chi connectivity index (χ0n) is 11.3. The zero-order valence-corrected chi connectivity index (χ0v) is 12.0. The summed E-state index contributed by atoms with van der Waals surface area (Å²) in [5.74, 6) is 0.844. The van der Waals surface area contributed by atoms with Crippen LogP contribution in [-0.2, 0) is 6.42 Å². The predicted octanol–water partition coefficient (Wildman–Crippen LogP) is 3.64. The minimum absolute atomic E-state index is 0.175. The van der Waals surface area contributed by atoms with E-state index in [1.54, 1.807) is 0 Å². The molecular formula is C14H17ClN4. The number of aryl methyl sites for hydroxylation is 2. The van der Waals surface area contributed by atoms with Crippen molar-refractivity contribution in [2.45, 2.75) is 27.2 Å². The SMILES string of the molecule is CCc1c(Cl)nc(N)nc1Nc1ccc(C)c(C)c1. The van der Waals surface area contributed by atoms with Crippen LogP contribution in [-0.4, -0.2) is 9.97 Å². The van der Waals surface area contributed by atoms with E-state index in [1.807, 2.05) is 13.0 Å². The topological polar surface area (TPSA) is 63.8 Å². The second-order valence-electron chi connectivity index (χ2n) is 4.48. The van der Waals surface area contributed by atoms with Crippen molar-refractivity contribution in [3.8, 4) is 0 Å². The highest BCUT2D eigenvalue weighted by Gasteiger charge is 2.10. The van der Waals surface area contributed by atoms with E-state index in [4.69, 9.17) is 17.3 Å². The molecule has 0 bridgehead atoms. The molecule has 0 unspecified atom stereocenters. The van der Waals surface area contributed by atoms with Gasteiger partial charge in [0.1, 0.15) is 11.0 Å². The predicted molar refractivity (Wildman–Crippen MR) is 80.0 cm³/mol.